The van der Waals surface area contributed by atoms with Gasteiger partial charge in [0.25, 0.3) is 5.91 Å². The van der Waals surface area contributed by atoms with Crippen molar-refractivity contribution < 1.29 is 22.7 Å². The molecular formula is C21H22F3N5O2. The van der Waals surface area contributed by atoms with Gasteiger partial charge in [-0.15, -0.1) is 0 Å². The smallest absolute Gasteiger partial charge is 0.433 e. The molecule has 1 saturated heterocycles. The van der Waals surface area contributed by atoms with E-state index in [-0.39, 0.29) is 17.4 Å². The van der Waals surface area contributed by atoms with Crippen LogP contribution in [0.2, 0.25) is 0 Å². The Bertz CT molecular complexity index is 1110. The van der Waals surface area contributed by atoms with Crippen molar-refractivity contribution in [3.8, 4) is 5.88 Å². The van der Waals surface area contributed by atoms with Crippen LogP contribution in [-0.4, -0.2) is 43.5 Å². The molecule has 3 aromatic rings. The number of aromatic nitrogens is 4. The molecule has 1 aliphatic rings. The number of amides is 1. The number of ether oxygens (including phenoxy) is 1. The topological polar surface area (TPSA) is 72.6 Å². The highest BCUT2D eigenvalue weighted by Gasteiger charge is 2.37. The van der Waals surface area contributed by atoms with Crippen molar-refractivity contribution in [2.45, 2.75) is 45.3 Å². The van der Waals surface area contributed by atoms with Crippen LogP contribution >= 0.6 is 0 Å². The quantitative estimate of drug-likeness (QED) is 0.606. The molecule has 0 spiro atoms. The van der Waals surface area contributed by atoms with E-state index in [0.29, 0.717) is 49.4 Å². The number of alkyl halides is 3. The van der Waals surface area contributed by atoms with Crippen molar-refractivity contribution in [2.24, 2.45) is 0 Å². The summed E-state index contributed by atoms with van der Waals surface area (Å²) in [7, 11) is 0. The molecule has 0 saturated carbocycles. The second kappa shape index (κ2) is 8.16. The number of pyridine rings is 1. The maximum atomic E-state index is 13.6. The molecule has 1 atom stereocenters. The van der Waals surface area contributed by atoms with Gasteiger partial charge in [0.15, 0.2) is 5.65 Å². The van der Waals surface area contributed by atoms with E-state index in [9.17, 15) is 18.0 Å². The number of fused-ring (bicyclic) bond motifs is 1. The Hall–Kier alpha value is -3.17. The Kier molecular flexibility index (Phi) is 5.55. The van der Waals surface area contributed by atoms with E-state index >= 15 is 0 Å². The fourth-order valence-corrected chi connectivity index (χ4v) is 3.87. The average molecular weight is 433 g/mol. The number of likely N-dealkylation sites (tertiary alicyclic amines) is 1. The van der Waals surface area contributed by atoms with Gasteiger partial charge in [0, 0.05) is 24.5 Å². The summed E-state index contributed by atoms with van der Waals surface area (Å²) in [5, 5.41) is 4.22. The van der Waals surface area contributed by atoms with Crippen LogP contribution in [0.1, 0.15) is 60.2 Å². The Morgan fingerprint density at radius 3 is 2.81 bits per heavy atom. The van der Waals surface area contributed by atoms with Gasteiger partial charge in [-0.05, 0) is 44.4 Å². The fourth-order valence-electron chi connectivity index (χ4n) is 3.87. The fraction of sp³-hybridized carbons (Fsp3) is 0.429. The maximum Gasteiger partial charge on any atom is 0.433 e. The summed E-state index contributed by atoms with van der Waals surface area (Å²) >= 11 is 0. The number of rotatable bonds is 5. The predicted molar refractivity (Wildman–Crippen MR) is 106 cm³/mol. The first-order valence-electron chi connectivity index (χ1n) is 10.2. The number of hydrogen-bond acceptors (Lipinski definition) is 5. The zero-order valence-electron chi connectivity index (χ0n) is 17.2. The highest BCUT2D eigenvalue weighted by atomic mass is 19.4. The molecule has 164 valence electrons. The molecule has 1 fully saturated rings. The predicted octanol–water partition coefficient (Wildman–Crippen LogP) is 4.08. The van der Waals surface area contributed by atoms with Crippen molar-refractivity contribution in [2.75, 3.05) is 13.2 Å². The van der Waals surface area contributed by atoms with Crippen LogP contribution in [0.15, 0.2) is 30.5 Å². The number of halogens is 3. The summed E-state index contributed by atoms with van der Waals surface area (Å²) in [4.78, 5) is 23.3. The standard InChI is InChI=1S/C21H22F3N5O2/c1-3-13-11-17(21(22,23)24)29-18(26-13)12-15(27-29)16-8-6-10-28(16)20(30)14-7-5-9-25-19(14)31-4-2/h5,7,9,11-12,16H,3-4,6,8,10H2,1-2H3. The molecule has 1 unspecified atom stereocenters. The first-order chi connectivity index (χ1) is 14.8. The van der Waals surface area contributed by atoms with Crippen LogP contribution in [0, 0.1) is 0 Å². The normalized spacial score (nSPS) is 16.8. The van der Waals surface area contributed by atoms with E-state index in [2.05, 4.69) is 15.1 Å². The molecule has 4 rings (SSSR count). The lowest BCUT2D eigenvalue weighted by molar-refractivity contribution is -0.142. The zero-order valence-corrected chi connectivity index (χ0v) is 17.2. The van der Waals surface area contributed by atoms with Gasteiger partial charge < -0.3 is 9.64 Å². The number of carbonyl (C=O) groups excluding carboxylic acids is 1. The van der Waals surface area contributed by atoms with Gasteiger partial charge in [-0.1, -0.05) is 6.92 Å². The molecule has 0 radical (unpaired) electrons. The number of carbonyl (C=O) groups is 1. The third-order valence-corrected chi connectivity index (χ3v) is 5.29. The summed E-state index contributed by atoms with van der Waals surface area (Å²) in [6.45, 7) is 4.38. The number of hydrogen-bond donors (Lipinski definition) is 0. The maximum absolute atomic E-state index is 13.6. The van der Waals surface area contributed by atoms with E-state index < -0.39 is 17.9 Å². The minimum atomic E-state index is -4.57. The molecule has 1 aliphatic heterocycles. The Labute approximate surface area is 176 Å². The van der Waals surface area contributed by atoms with Crippen LogP contribution in [0.5, 0.6) is 5.88 Å². The van der Waals surface area contributed by atoms with Crippen LogP contribution < -0.4 is 4.74 Å². The molecule has 10 heteroatoms. The lowest BCUT2D eigenvalue weighted by atomic mass is 10.1. The van der Waals surface area contributed by atoms with Gasteiger partial charge in [-0.2, -0.15) is 18.3 Å². The molecule has 4 heterocycles. The Balaban J connectivity index is 1.73. The van der Waals surface area contributed by atoms with Gasteiger partial charge >= 0.3 is 6.18 Å². The second-order valence-corrected chi connectivity index (χ2v) is 7.27. The largest absolute Gasteiger partial charge is 0.477 e. The average Bonchev–Trinajstić information content (AvgIpc) is 3.39. The third kappa shape index (κ3) is 3.94. The molecule has 0 aliphatic carbocycles. The summed E-state index contributed by atoms with van der Waals surface area (Å²) < 4.78 is 47.1. The van der Waals surface area contributed by atoms with E-state index in [4.69, 9.17) is 4.74 Å². The molecule has 31 heavy (non-hydrogen) atoms. The molecule has 0 bridgehead atoms. The Morgan fingerprint density at radius 2 is 2.10 bits per heavy atom. The van der Waals surface area contributed by atoms with E-state index in [1.807, 2.05) is 0 Å². The van der Waals surface area contributed by atoms with E-state index in [1.165, 1.54) is 6.07 Å². The molecule has 1 amide bonds. The summed E-state index contributed by atoms with van der Waals surface area (Å²) in [6, 6.07) is 5.39. The van der Waals surface area contributed by atoms with Crippen molar-refractivity contribution >= 4 is 11.6 Å². The zero-order chi connectivity index (χ0) is 22.2. The van der Waals surface area contributed by atoms with E-state index in [1.54, 1.807) is 37.1 Å². The first kappa shape index (κ1) is 21.1. The van der Waals surface area contributed by atoms with Crippen molar-refractivity contribution in [1.82, 2.24) is 24.5 Å². The highest BCUT2D eigenvalue weighted by Crippen LogP contribution is 2.36. The van der Waals surface area contributed by atoms with Gasteiger partial charge in [-0.25, -0.2) is 14.5 Å². The highest BCUT2D eigenvalue weighted by molar-refractivity contribution is 5.96. The van der Waals surface area contributed by atoms with Crippen LogP contribution in [-0.2, 0) is 12.6 Å². The number of aryl methyl sites for hydroxylation is 1. The van der Waals surface area contributed by atoms with Gasteiger partial charge in [0.1, 0.15) is 11.3 Å². The summed E-state index contributed by atoms with van der Waals surface area (Å²) in [6.07, 6.45) is -1.34. The van der Waals surface area contributed by atoms with Crippen molar-refractivity contribution in [1.29, 1.82) is 0 Å². The SMILES string of the molecule is CCOc1ncccc1C(=O)N1CCCC1c1cc2nc(CC)cc(C(F)(F)F)n2n1. The van der Waals surface area contributed by atoms with Crippen LogP contribution in [0.25, 0.3) is 5.65 Å². The second-order valence-electron chi connectivity index (χ2n) is 7.27. The first-order valence-corrected chi connectivity index (χ1v) is 10.2. The third-order valence-electron chi connectivity index (χ3n) is 5.29. The minimum Gasteiger partial charge on any atom is -0.477 e. The van der Waals surface area contributed by atoms with Crippen molar-refractivity contribution in [3.63, 3.8) is 0 Å². The van der Waals surface area contributed by atoms with Gasteiger partial charge in [0.2, 0.25) is 5.88 Å². The lowest BCUT2D eigenvalue weighted by Crippen LogP contribution is -2.31. The number of nitrogens with zero attached hydrogens (tertiary/aromatic N) is 5. The van der Waals surface area contributed by atoms with Crippen LogP contribution in [0.3, 0.4) is 0 Å². The van der Waals surface area contributed by atoms with Crippen LogP contribution in [0.4, 0.5) is 13.2 Å². The monoisotopic (exact) mass is 433 g/mol. The van der Waals surface area contributed by atoms with E-state index in [0.717, 1.165) is 10.6 Å². The Morgan fingerprint density at radius 1 is 1.29 bits per heavy atom. The van der Waals surface area contributed by atoms with Gasteiger partial charge in [0.05, 0.1) is 18.3 Å². The molecule has 7 nitrogen and oxygen atoms in total. The van der Waals surface area contributed by atoms with Gasteiger partial charge in [-0.3, -0.25) is 4.79 Å². The summed E-state index contributed by atoms with van der Waals surface area (Å²) in [5.41, 5.74) is 0.295. The molecule has 3 aromatic heterocycles. The molecule has 0 N–H and O–H groups in total. The minimum absolute atomic E-state index is 0.123. The summed E-state index contributed by atoms with van der Waals surface area (Å²) in [5.74, 6) is -0.0429. The van der Waals surface area contributed by atoms with Crippen molar-refractivity contribution in [3.05, 3.63) is 53.1 Å². The molecule has 0 aromatic carbocycles. The molecular weight excluding hydrogens is 411 g/mol. The lowest BCUT2D eigenvalue weighted by Gasteiger charge is -2.24.